The number of aryl methyl sites for hydroxylation is 1. The van der Waals surface area contributed by atoms with Crippen LogP contribution in [0.4, 0.5) is 5.69 Å². The summed E-state index contributed by atoms with van der Waals surface area (Å²) in [5.74, 6) is 0. The summed E-state index contributed by atoms with van der Waals surface area (Å²) in [7, 11) is 0. The molecule has 0 amide bonds. The van der Waals surface area contributed by atoms with Gasteiger partial charge in [-0.3, -0.25) is 0 Å². The van der Waals surface area contributed by atoms with Gasteiger partial charge in [0.25, 0.3) is 0 Å². The first kappa shape index (κ1) is 18.1. The highest BCUT2D eigenvalue weighted by molar-refractivity contribution is 5.72. The Kier molecular flexibility index (Phi) is 5.53. The summed E-state index contributed by atoms with van der Waals surface area (Å²) in [5, 5.41) is 3.57. The maximum Gasteiger partial charge on any atom is 0.0400 e. The summed E-state index contributed by atoms with van der Waals surface area (Å²) in [6.45, 7) is 2.96. The molecule has 138 valence electrons. The van der Waals surface area contributed by atoms with Gasteiger partial charge < -0.3 is 5.32 Å². The predicted molar refractivity (Wildman–Crippen MR) is 120 cm³/mol. The van der Waals surface area contributed by atoms with E-state index in [1.54, 1.807) is 0 Å². The molecule has 0 spiro atoms. The molecule has 0 saturated heterocycles. The van der Waals surface area contributed by atoms with E-state index in [9.17, 15) is 0 Å². The van der Waals surface area contributed by atoms with Crippen molar-refractivity contribution >= 4 is 5.69 Å². The van der Waals surface area contributed by atoms with E-state index < -0.39 is 0 Å². The van der Waals surface area contributed by atoms with Crippen molar-refractivity contribution in [1.29, 1.82) is 0 Å². The monoisotopic (exact) mass is 363 g/mol. The summed E-state index contributed by atoms with van der Waals surface area (Å²) in [6.07, 6.45) is 0.934. The third-order valence-electron chi connectivity index (χ3n) is 5.05. The first-order chi connectivity index (χ1) is 13.8. The van der Waals surface area contributed by atoms with Crippen molar-refractivity contribution in [2.45, 2.75) is 19.9 Å². The largest absolute Gasteiger partial charge is 0.381 e. The van der Waals surface area contributed by atoms with Crippen molar-refractivity contribution in [2.24, 2.45) is 0 Å². The molecule has 0 bridgehead atoms. The molecule has 0 saturated carbocycles. The molecule has 0 aliphatic rings. The standard InChI is InChI=1S/C27H25N/c1-21-12-14-24(15-13-21)27-19-26(28-20-23-10-6-3-7-11-23)17-16-25(27)18-22-8-4-2-5-9-22/h2-17,19,28H,18,20H2,1H3. The fourth-order valence-electron chi connectivity index (χ4n) is 3.46. The van der Waals surface area contributed by atoms with Gasteiger partial charge in [-0.05, 0) is 53.3 Å². The SMILES string of the molecule is Cc1ccc(-c2cc(NCc3ccccc3)ccc2Cc2ccccc2)cc1. The van der Waals surface area contributed by atoms with Gasteiger partial charge in [0.05, 0.1) is 0 Å². The van der Waals surface area contributed by atoms with Crippen LogP contribution >= 0.6 is 0 Å². The second kappa shape index (κ2) is 8.58. The van der Waals surface area contributed by atoms with Crippen molar-refractivity contribution in [3.63, 3.8) is 0 Å². The van der Waals surface area contributed by atoms with Gasteiger partial charge in [0.2, 0.25) is 0 Å². The van der Waals surface area contributed by atoms with Crippen LogP contribution in [0.25, 0.3) is 11.1 Å². The molecule has 1 nitrogen and oxygen atoms in total. The molecule has 4 aromatic carbocycles. The lowest BCUT2D eigenvalue weighted by atomic mass is 9.94. The fraction of sp³-hybridized carbons (Fsp3) is 0.111. The van der Waals surface area contributed by atoms with Gasteiger partial charge in [0.15, 0.2) is 0 Å². The molecular weight excluding hydrogens is 338 g/mol. The lowest BCUT2D eigenvalue weighted by Crippen LogP contribution is -2.01. The van der Waals surface area contributed by atoms with Gasteiger partial charge in [-0.15, -0.1) is 0 Å². The Hall–Kier alpha value is -3.32. The zero-order chi connectivity index (χ0) is 19.2. The molecule has 0 heterocycles. The summed E-state index contributed by atoms with van der Waals surface area (Å²) >= 11 is 0. The fourth-order valence-corrected chi connectivity index (χ4v) is 3.46. The third-order valence-corrected chi connectivity index (χ3v) is 5.05. The third kappa shape index (κ3) is 4.50. The zero-order valence-corrected chi connectivity index (χ0v) is 16.2. The van der Waals surface area contributed by atoms with Gasteiger partial charge in [-0.2, -0.15) is 0 Å². The lowest BCUT2D eigenvalue weighted by Gasteiger charge is -2.14. The Balaban J connectivity index is 1.64. The average molecular weight is 364 g/mol. The highest BCUT2D eigenvalue weighted by Gasteiger charge is 2.08. The molecule has 0 aliphatic carbocycles. The number of benzene rings is 4. The quantitative estimate of drug-likeness (QED) is 0.394. The zero-order valence-electron chi connectivity index (χ0n) is 16.2. The normalized spacial score (nSPS) is 10.6. The predicted octanol–water partition coefficient (Wildman–Crippen LogP) is 6.86. The van der Waals surface area contributed by atoms with Crippen LogP contribution in [0, 0.1) is 6.92 Å². The van der Waals surface area contributed by atoms with Crippen LogP contribution in [-0.2, 0) is 13.0 Å². The molecular formula is C27H25N. The molecule has 0 aliphatic heterocycles. The van der Waals surface area contributed by atoms with Gasteiger partial charge in [-0.25, -0.2) is 0 Å². The Bertz CT molecular complexity index is 1020. The molecule has 0 fully saturated rings. The van der Waals surface area contributed by atoms with Crippen LogP contribution in [0.15, 0.2) is 103 Å². The van der Waals surface area contributed by atoms with E-state index in [1.807, 2.05) is 0 Å². The minimum atomic E-state index is 0.826. The van der Waals surface area contributed by atoms with Crippen LogP contribution in [-0.4, -0.2) is 0 Å². The smallest absolute Gasteiger partial charge is 0.0400 e. The average Bonchev–Trinajstić information content (AvgIpc) is 2.75. The highest BCUT2D eigenvalue weighted by Crippen LogP contribution is 2.29. The number of hydrogen-bond donors (Lipinski definition) is 1. The maximum atomic E-state index is 3.57. The summed E-state index contributed by atoms with van der Waals surface area (Å²) in [5.41, 5.74) is 8.96. The lowest BCUT2D eigenvalue weighted by molar-refractivity contribution is 1.14. The molecule has 4 rings (SSSR count). The molecule has 4 aromatic rings. The van der Waals surface area contributed by atoms with E-state index in [0.717, 1.165) is 18.7 Å². The first-order valence-corrected chi connectivity index (χ1v) is 9.79. The number of anilines is 1. The Labute approximate surface area is 167 Å². The number of rotatable bonds is 6. The Morgan fingerprint density at radius 1 is 0.643 bits per heavy atom. The van der Waals surface area contributed by atoms with E-state index >= 15 is 0 Å². The van der Waals surface area contributed by atoms with Crippen LogP contribution in [0.1, 0.15) is 22.3 Å². The minimum Gasteiger partial charge on any atom is -0.381 e. The van der Waals surface area contributed by atoms with Crippen molar-refractivity contribution in [3.8, 4) is 11.1 Å². The first-order valence-electron chi connectivity index (χ1n) is 9.79. The van der Waals surface area contributed by atoms with Gasteiger partial charge in [0, 0.05) is 12.2 Å². The Morgan fingerprint density at radius 3 is 1.96 bits per heavy atom. The van der Waals surface area contributed by atoms with Gasteiger partial charge in [-0.1, -0.05) is 96.6 Å². The van der Waals surface area contributed by atoms with E-state index in [-0.39, 0.29) is 0 Å². The van der Waals surface area contributed by atoms with E-state index in [1.165, 1.54) is 33.4 Å². The maximum absolute atomic E-state index is 3.57. The van der Waals surface area contributed by atoms with Crippen LogP contribution in [0.3, 0.4) is 0 Å². The summed E-state index contributed by atoms with van der Waals surface area (Å²) < 4.78 is 0. The van der Waals surface area contributed by atoms with Gasteiger partial charge in [0.1, 0.15) is 0 Å². The molecule has 1 N–H and O–H groups in total. The van der Waals surface area contributed by atoms with E-state index in [2.05, 4.69) is 115 Å². The van der Waals surface area contributed by atoms with Crippen molar-refractivity contribution in [2.75, 3.05) is 5.32 Å². The number of nitrogens with one attached hydrogen (secondary N) is 1. The molecule has 0 radical (unpaired) electrons. The second-order valence-corrected chi connectivity index (χ2v) is 7.24. The molecule has 1 heteroatoms. The molecule has 0 atom stereocenters. The summed E-state index contributed by atoms with van der Waals surface area (Å²) in [4.78, 5) is 0. The Morgan fingerprint density at radius 2 is 1.29 bits per heavy atom. The highest BCUT2D eigenvalue weighted by atomic mass is 14.9. The number of hydrogen-bond acceptors (Lipinski definition) is 1. The minimum absolute atomic E-state index is 0.826. The molecule has 28 heavy (non-hydrogen) atoms. The van der Waals surface area contributed by atoms with Gasteiger partial charge >= 0.3 is 0 Å². The van der Waals surface area contributed by atoms with E-state index in [4.69, 9.17) is 0 Å². The van der Waals surface area contributed by atoms with E-state index in [0.29, 0.717) is 0 Å². The topological polar surface area (TPSA) is 12.0 Å². The van der Waals surface area contributed by atoms with Crippen LogP contribution in [0.2, 0.25) is 0 Å². The van der Waals surface area contributed by atoms with Crippen LogP contribution in [0.5, 0.6) is 0 Å². The molecule has 0 unspecified atom stereocenters. The van der Waals surface area contributed by atoms with Crippen LogP contribution < -0.4 is 5.32 Å². The van der Waals surface area contributed by atoms with Crippen molar-refractivity contribution in [1.82, 2.24) is 0 Å². The van der Waals surface area contributed by atoms with Crippen molar-refractivity contribution in [3.05, 3.63) is 125 Å². The van der Waals surface area contributed by atoms with Crippen molar-refractivity contribution < 1.29 is 0 Å². The molecule has 0 aromatic heterocycles. The summed E-state index contributed by atoms with van der Waals surface area (Å²) in [6, 6.07) is 36.7. The second-order valence-electron chi connectivity index (χ2n) is 7.24.